The fourth-order valence-electron chi connectivity index (χ4n) is 3.70. The molecular formula is C27H28Cl2FN3O4S. The summed E-state index contributed by atoms with van der Waals surface area (Å²) in [4.78, 5) is 27.8. The van der Waals surface area contributed by atoms with E-state index < -0.39 is 40.2 Å². The number of benzene rings is 3. The molecule has 0 saturated carbocycles. The van der Waals surface area contributed by atoms with Crippen LogP contribution in [0.4, 0.5) is 10.1 Å². The molecule has 3 aromatic carbocycles. The first kappa shape index (κ1) is 29.4. The summed E-state index contributed by atoms with van der Waals surface area (Å²) in [5.74, 6) is -1.49. The number of nitrogens with one attached hydrogen (secondary N) is 1. The van der Waals surface area contributed by atoms with E-state index in [-0.39, 0.29) is 27.2 Å². The highest BCUT2D eigenvalue weighted by Crippen LogP contribution is 2.30. The van der Waals surface area contributed by atoms with Gasteiger partial charge in [-0.1, -0.05) is 60.5 Å². The SMILES string of the molecule is CCCNC(=O)[C@@H](C)N(Cc1ccc(F)cc1)C(=O)CN(c1cc(Cl)cc(Cl)c1)S(=O)(=O)c1ccccc1. The van der Waals surface area contributed by atoms with Crippen LogP contribution < -0.4 is 9.62 Å². The number of amides is 2. The highest BCUT2D eigenvalue weighted by atomic mass is 35.5. The Kier molecular flexibility index (Phi) is 10.1. The summed E-state index contributed by atoms with van der Waals surface area (Å²) in [6, 6.07) is 16.4. The topological polar surface area (TPSA) is 86.8 Å². The summed E-state index contributed by atoms with van der Waals surface area (Å²) >= 11 is 12.3. The van der Waals surface area contributed by atoms with Crippen LogP contribution in [0.25, 0.3) is 0 Å². The Morgan fingerprint density at radius 3 is 2.16 bits per heavy atom. The summed E-state index contributed by atoms with van der Waals surface area (Å²) in [5.41, 5.74) is 0.655. The third-order valence-corrected chi connectivity index (χ3v) is 7.95. The Morgan fingerprint density at radius 1 is 0.974 bits per heavy atom. The molecule has 0 heterocycles. The van der Waals surface area contributed by atoms with Crippen molar-refractivity contribution >= 4 is 50.7 Å². The van der Waals surface area contributed by atoms with Gasteiger partial charge in [-0.15, -0.1) is 0 Å². The standard InChI is InChI=1S/C27H28Cl2FN3O4S/c1-3-13-31-27(35)19(2)32(17-20-9-11-23(30)12-10-20)26(34)18-33(24-15-21(28)14-22(29)16-24)38(36,37)25-7-5-4-6-8-25/h4-12,14-16,19H,3,13,17-18H2,1-2H3,(H,31,35)/t19-/m1/s1. The Labute approximate surface area is 232 Å². The second-order valence-electron chi connectivity index (χ2n) is 8.57. The Balaban J connectivity index is 2.03. The molecular weight excluding hydrogens is 552 g/mol. The molecule has 0 aliphatic heterocycles. The molecule has 1 atom stereocenters. The first-order valence-corrected chi connectivity index (χ1v) is 14.1. The number of carbonyl (C=O) groups excluding carboxylic acids is 2. The highest BCUT2D eigenvalue weighted by Gasteiger charge is 2.32. The third-order valence-electron chi connectivity index (χ3n) is 5.73. The molecule has 0 aliphatic carbocycles. The van der Waals surface area contributed by atoms with Crippen molar-refractivity contribution in [3.05, 3.63) is 94.2 Å². The van der Waals surface area contributed by atoms with Crippen LogP contribution in [-0.4, -0.2) is 44.3 Å². The van der Waals surface area contributed by atoms with Gasteiger partial charge >= 0.3 is 0 Å². The lowest BCUT2D eigenvalue weighted by atomic mass is 10.1. The van der Waals surface area contributed by atoms with Gasteiger partial charge in [0.15, 0.2) is 0 Å². The quantitative estimate of drug-likeness (QED) is 0.335. The molecule has 0 spiro atoms. The number of hydrogen-bond donors (Lipinski definition) is 1. The fourth-order valence-corrected chi connectivity index (χ4v) is 5.63. The molecule has 1 N–H and O–H groups in total. The van der Waals surface area contributed by atoms with Gasteiger partial charge in [0.25, 0.3) is 10.0 Å². The fraction of sp³-hybridized carbons (Fsp3) is 0.259. The second kappa shape index (κ2) is 13.1. The zero-order chi connectivity index (χ0) is 27.9. The minimum Gasteiger partial charge on any atom is -0.354 e. The van der Waals surface area contributed by atoms with E-state index in [1.807, 2.05) is 6.92 Å². The largest absolute Gasteiger partial charge is 0.354 e. The van der Waals surface area contributed by atoms with Gasteiger partial charge in [0.05, 0.1) is 10.6 Å². The summed E-state index contributed by atoms with van der Waals surface area (Å²) in [6.45, 7) is 3.18. The molecule has 0 unspecified atom stereocenters. The molecule has 0 aromatic heterocycles. The molecule has 0 aliphatic rings. The molecule has 0 saturated heterocycles. The molecule has 0 radical (unpaired) electrons. The lowest BCUT2D eigenvalue weighted by Crippen LogP contribution is -2.51. The predicted octanol–water partition coefficient (Wildman–Crippen LogP) is 5.27. The summed E-state index contributed by atoms with van der Waals surface area (Å²) in [5, 5.41) is 3.13. The van der Waals surface area contributed by atoms with Crippen molar-refractivity contribution in [1.82, 2.24) is 10.2 Å². The van der Waals surface area contributed by atoms with Gasteiger partial charge in [0.1, 0.15) is 18.4 Å². The van der Waals surface area contributed by atoms with Crippen LogP contribution >= 0.6 is 23.2 Å². The van der Waals surface area contributed by atoms with Gasteiger partial charge in [0.2, 0.25) is 11.8 Å². The zero-order valence-electron chi connectivity index (χ0n) is 20.9. The second-order valence-corrected chi connectivity index (χ2v) is 11.3. The van der Waals surface area contributed by atoms with Crippen LogP contribution in [0.2, 0.25) is 10.0 Å². The minimum absolute atomic E-state index is 0.0391. The molecule has 38 heavy (non-hydrogen) atoms. The van der Waals surface area contributed by atoms with Crippen LogP contribution in [0.5, 0.6) is 0 Å². The minimum atomic E-state index is -4.24. The maximum absolute atomic E-state index is 13.8. The monoisotopic (exact) mass is 579 g/mol. The van der Waals surface area contributed by atoms with Crippen LogP contribution in [0, 0.1) is 5.82 Å². The van der Waals surface area contributed by atoms with Crippen molar-refractivity contribution in [3.8, 4) is 0 Å². The van der Waals surface area contributed by atoms with E-state index in [2.05, 4.69) is 5.32 Å². The smallest absolute Gasteiger partial charge is 0.264 e. The van der Waals surface area contributed by atoms with Gasteiger partial charge in [-0.05, 0) is 61.4 Å². The van der Waals surface area contributed by atoms with E-state index >= 15 is 0 Å². The Hall–Kier alpha value is -3.14. The molecule has 7 nitrogen and oxygen atoms in total. The number of nitrogens with zero attached hydrogens (tertiary/aromatic N) is 2. The lowest BCUT2D eigenvalue weighted by Gasteiger charge is -2.32. The van der Waals surface area contributed by atoms with Crippen molar-refractivity contribution in [2.24, 2.45) is 0 Å². The van der Waals surface area contributed by atoms with Crippen molar-refractivity contribution in [1.29, 1.82) is 0 Å². The van der Waals surface area contributed by atoms with Crippen LogP contribution in [0.1, 0.15) is 25.8 Å². The molecule has 3 rings (SSSR count). The van der Waals surface area contributed by atoms with E-state index in [4.69, 9.17) is 23.2 Å². The van der Waals surface area contributed by atoms with Gasteiger partial charge in [0, 0.05) is 23.1 Å². The number of rotatable bonds is 11. The highest BCUT2D eigenvalue weighted by molar-refractivity contribution is 7.92. The van der Waals surface area contributed by atoms with Crippen LogP contribution in [-0.2, 0) is 26.2 Å². The van der Waals surface area contributed by atoms with Gasteiger partial charge in [-0.3, -0.25) is 13.9 Å². The van der Waals surface area contributed by atoms with Crippen molar-refractivity contribution < 1.29 is 22.4 Å². The summed E-state index contributed by atoms with van der Waals surface area (Å²) in [6.07, 6.45) is 0.697. The maximum Gasteiger partial charge on any atom is 0.264 e. The normalized spacial score (nSPS) is 12.0. The van der Waals surface area contributed by atoms with Gasteiger partial charge in [-0.25, -0.2) is 12.8 Å². The van der Waals surface area contributed by atoms with Crippen molar-refractivity contribution in [2.45, 2.75) is 37.8 Å². The number of anilines is 1. The van der Waals surface area contributed by atoms with E-state index in [0.717, 1.165) is 4.31 Å². The molecule has 11 heteroatoms. The molecule has 0 bridgehead atoms. The number of sulfonamides is 1. The van der Waals surface area contributed by atoms with Crippen LogP contribution in [0.15, 0.2) is 77.7 Å². The van der Waals surface area contributed by atoms with E-state index in [9.17, 15) is 22.4 Å². The molecule has 2 amide bonds. The number of carbonyl (C=O) groups is 2. The molecule has 0 fully saturated rings. The Bertz CT molecular complexity index is 1350. The van der Waals surface area contributed by atoms with E-state index in [0.29, 0.717) is 18.5 Å². The van der Waals surface area contributed by atoms with E-state index in [1.165, 1.54) is 59.5 Å². The first-order valence-electron chi connectivity index (χ1n) is 11.9. The van der Waals surface area contributed by atoms with Gasteiger partial charge in [-0.2, -0.15) is 0 Å². The zero-order valence-corrected chi connectivity index (χ0v) is 23.2. The average Bonchev–Trinajstić information content (AvgIpc) is 2.89. The lowest BCUT2D eigenvalue weighted by molar-refractivity contribution is -0.139. The third kappa shape index (κ3) is 7.46. The number of halogens is 3. The molecule has 3 aromatic rings. The van der Waals surface area contributed by atoms with Gasteiger partial charge < -0.3 is 10.2 Å². The van der Waals surface area contributed by atoms with Crippen molar-refractivity contribution in [3.63, 3.8) is 0 Å². The van der Waals surface area contributed by atoms with Crippen molar-refractivity contribution in [2.75, 3.05) is 17.4 Å². The van der Waals surface area contributed by atoms with Crippen LogP contribution in [0.3, 0.4) is 0 Å². The Morgan fingerprint density at radius 2 is 1.58 bits per heavy atom. The van der Waals surface area contributed by atoms with E-state index in [1.54, 1.807) is 25.1 Å². The maximum atomic E-state index is 13.8. The summed E-state index contributed by atoms with van der Waals surface area (Å²) in [7, 11) is -4.24. The number of hydrogen-bond acceptors (Lipinski definition) is 4. The predicted molar refractivity (Wildman–Crippen MR) is 147 cm³/mol. The summed E-state index contributed by atoms with van der Waals surface area (Å²) < 4.78 is 41.8. The first-order chi connectivity index (χ1) is 18.0. The average molecular weight is 581 g/mol. The molecule has 202 valence electrons.